The van der Waals surface area contributed by atoms with E-state index in [0.717, 1.165) is 32.7 Å². The third kappa shape index (κ3) is 4.73. The third-order valence-corrected chi connectivity index (χ3v) is 9.22. The molecule has 0 aromatic heterocycles. The summed E-state index contributed by atoms with van der Waals surface area (Å²) in [5, 5.41) is 0. The molecule has 3 rings (SSSR count). The van der Waals surface area contributed by atoms with Crippen LogP contribution in [0.2, 0.25) is 0 Å². The average Bonchev–Trinajstić information content (AvgIpc) is 2.69. The molecule has 27 heavy (non-hydrogen) atoms. The van der Waals surface area contributed by atoms with Crippen LogP contribution in [0.4, 0.5) is 0 Å². The van der Waals surface area contributed by atoms with Crippen LogP contribution >= 0.6 is 0 Å². The van der Waals surface area contributed by atoms with E-state index in [1.165, 1.54) is 18.4 Å². The Hall–Kier alpha value is -0.950. The van der Waals surface area contributed by atoms with E-state index >= 15 is 0 Å². The molecule has 0 radical (unpaired) electrons. The monoisotopic (exact) mass is 393 g/mol. The van der Waals surface area contributed by atoms with Gasteiger partial charge >= 0.3 is 0 Å². The predicted molar refractivity (Wildman–Crippen MR) is 111 cm³/mol. The van der Waals surface area contributed by atoms with Crippen molar-refractivity contribution in [3.8, 4) is 0 Å². The van der Waals surface area contributed by atoms with Crippen LogP contribution < -0.4 is 0 Å². The standard InChI is InChI=1S/C21H35N3O2S/c1-4-21(2,3)27(25,26)24-16-14-23(15-17-24)20-10-12-22(13-11-20)18-19-8-6-5-7-9-19/h5-9,20H,4,10-18H2,1-3H3. The molecule has 152 valence electrons. The molecule has 0 spiro atoms. The molecule has 2 aliphatic heterocycles. The summed E-state index contributed by atoms with van der Waals surface area (Å²) < 4.78 is 26.7. The van der Waals surface area contributed by atoms with Gasteiger partial charge in [-0.15, -0.1) is 0 Å². The Kier molecular flexibility index (Phi) is 6.62. The SMILES string of the molecule is CCC(C)(C)S(=O)(=O)N1CCN(C2CCN(Cc3ccccc3)CC2)CC1. The summed E-state index contributed by atoms with van der Waals surface area (Å²) in [6, 6.07) is 11.3. The van der Waals surface area contributed by atoms with Gasteiger partial charge in [0, 0.05) is 38.8 Å². The fourth-order valence-corrected chi connectivity index (χ4v) is 5.83. The van der Waals surface area contributed by atoms with Crippen molar-refractivity contribution in [1.29, 1.82) is 0 Å². The number of piperazine rings is 1. The van der Waals surface area contributed by atoms with Gasteiger partial charge in [0.2, 0.25) is 10.0 Å². The number of piperidine rings is 1. The van der Waals surface area contributed by atoms with Crippen molar-refractivity contribution in [3.05, 3.63) is 35.9 Å². The van der Waals surface area contributed by atoms with E-state index < -0.39 is 14.8 Å². The number of hydrogen-bond acceptors (Lipinski definition) is 4. The number of rotatable bonds is 6. The molecular formula is C21H35N3O2S. The van der Waals surface area contributed by atoms with Gasteiger partial charge < -0.3 is 0 Å². The molecule has 0 saturated carbocycles. The van der Waals surface area contributed by atoms with Gasteiger partial charge in [-0.1, -0.05) is 37.3 Å². The van der Waals surface area contributed by atoms with Gasteiger partial charge in [0.25, 0.3) is 0 Å². The topological polar surface area (TPSA) is 43.9 Å². The van der Waals surface area contributed by atoms with Crippen LogP contribution in [0.1, 0.15) is 45.6 Å². The van der Waals surface area contributed by atoms with Crippen molar-refractivity contribution >= 4 is 10.0 Å². The second-order valence-electron chi connectivity index (χ2n) is 8.55. The van der Waals surface area contributed by atoms with Gasteiger partial charge in [-0.2, -0.15) is 4.31 Å². The van der Waals surface area contributed by atoms with Crippen molar-refractivity contribution in [2.75, 3.05) is 39.3 Å². The first-order valence-electron chi connectivity index (χ1n) is 10.3. The van der Waals surface area contributed by atoms with E-state index in [9.17, 15) is 8.42 Å². The molecular weight excluding hydrogens is 358 g/mol. The van der Waals surface area contributed by atoms with Crippen LogP contribution in [0.5, 0.6) is 0 Å². The molecule has 0 aliphatic carbocycles. The molecule has 0 amide bonds. The third-order valence-electron chi connectivity index (χ3n) is 6.49. The summed E-state index contributed by atoms with van der Waals surface area (Å²) in [5.74, 6) is 0. The van der Waals surface area contributed by atoms with Crippen molar-refractivity contribution < 1.29 is 8.42 Å². The summed E-state index contributed by atoms with van der Waals surface area (Å²) in [6.07, 6.45) is 3.01. The Morgan fingerprint density at radius 1 is 0.963 bits per heavy atom. The molecule has 2 saturated heterocycles. The van der Waals surface area contributed by atoms with Crippen molar-refractivity contribution in [3.63, 3.8) is 0 Å². The fraction of sp³-hybridized carbons (Fsp3) is 0.714. The summed E-state index contributed by atoms with van der Waals surface area (Å²) in [5.41, 5.74) is 1.38. The molecule has 0 bridgehead atoms. The van der Waals surface area contributed by atoms with Crippen LogP contribution in [0.3, 0.4) is 0 Å². The van der Waals surface area contributed by atoms with E-state index in [4.69, 9.17) is 0 Å². The van der Waals surface area contributed by atoms with Crippen LogP contribution in [0, 0.1) is 0 Å². The molecule has 0 N–H and O–H groups in total. The van der Waals surface area contributed by atoms with Crippen molar-refractivity contribution in [2.24, 2.45) is 0 Å². The minimum absolute atomic E-state index is 0.598. The molecule has 2 heterocycles. The Morgan fingerprint density at radius 2 is 1.56 bits per heavy atom. The number of benzene rings is 1. The van der Waals surface area contributed by atoms with E-state index in [2.05, 4.69) is 40.1 Å². The van der Waals surface area contributed by atoms with Crippen molar-refractivity contribution in [2.45, 2.75) is 57.4 Å². The lowest BCUT2D eigenvalue weighted by Gasteiger charge is -2.43. The summed E-state index contributed by atoms with van der Waals surface area (Å²) in [4.78, 5) is 5.06. The highest BCUT2D eigenvalue weighted by Gasteiger charge is 2.40. The maximum atomic E-state index is 12.8. The first-order chi connectivity index (χ1) is 12.8. The van der Waals surface area contributed by atoms with Gasteiger partial charge in [0.15, 0.2) is 0 Å². The Bertz CT molecular complexity index is 689. The Balaban J connectivity index is 1.47. The minimum atomic E-state index is -3.21. The lowest BCUT2D eigenvalue weighted by molar-refractivity contribution is 0.0780. The van der Waals surface area contributed by atoms with Crippen LogP contribution in [0.25, 0.3) is 0 Å². The molecule has 2 fully saturated rings. The summed E-state index contributed by atoms with van der Waals surface area (Å²) in [7, 11) is -3.21. The highest BCUT2D eigenvalue weighted by atomic mass is 32.2. The second kappa shape index (κ2) is 8.60. The molecule has 1 aromatic rings. The number of likely N-dealkylation sites (tertiary alicyclic amines) is 1. The smallest absolute Gasteiger partial charge is 0.219 e. The lowest BCUT2D eigenvalue weighted by Crippen LogP contribution is -2.56. The number of hydrogen-bond donors (Lipinski definition) is 0. The molecule has 6 heteroatoms. The normalized spacial score (nSPS) is 22.2. The Morgan fingerprint density at radius 3 is 2.11 bits per heavy atom. The molecule has 1 aromatic carbocycles. The van der Waals surface area contributed by atoms with Gasteiger partial charge in [-0.05, 0) is 51.8 Å². The molecule has 0 unspecified atom stereocenters. The summed E-state index contributed by atoms with van der Waals surface area (Å²) >= 11 is 0. The summed E-state index contributed by atoms with van der Waals surface area (Å²) in [6.45, 7) is 11.9. The zero-order valence-corrected chi connectivity index (χ0v) is 17.9. The number of sulfonamides is 1. The van der Waals surface area contributed by atoms with E-state index in [1.54, 1.807) is 4.31 Å². The first-order valence-corrected chi connectivity index (χ1v) is 11.8. The minimum Gasteiger partial charge on any atom is -0.299 e. The largest absolute Gasteiger partial charge is 0.299 e. The predicted octanol–water partition coefficient (Wildman–Crippen LogP) is 2.79. The van der Waals surface area contributed by atoms with Gasteiger partial charge in [-0.25, -0.2) is 8.42 Å². The maximum Gasteiger partial charge on any atom is 0.219 e. The van der Waals surface area contributed by atoms with Crippen molar-refractivity contribution in [1.82, 2.24) is 14.1 Å². The quantitative estimate of drug-likeness (QED) is 0.745. The molecule has 5 nitrogen and oxygen atoms in total. The number of nitrogens with zero attached hydrogens (tertiary/aromatic N) is 3. The van der Waals surface area contributed by atoms with E-state index in [1.807, 2.05) is 20.8 Å². The average molecular weight is 394 g/mol. The van der Waals surface area contributed by atoms with Crippen LogP contribution in [0.15, 0.2) is 30.3 Å². The second-order valence-corrected chi connectivity index (χ2v) is 11.1. The van der Waals surface area contributed by atoms with Gasteiger partial charge in [0.05, 0.1) is 4.75 Å². The maximum absolute atomic E-state index is 12.8. The van der Waals surface area contributed by atoms with Crippen LogP contribution in [-0.2, 0) is 16.6 Å². The molecule has 0 atom stereocenters. The van der Waals surface area contributed by atoms with Gasteiger partial charge in [0.1, 0.15) is 0 Å². The highest BCUT2D eigenvalue weighted by molar-refractivity contribution is 7.90. The fourth-order valence-electron chi connectivity index (χ4n) is 4.13. The van der Waals surface area contributed by atoms with Crippen LogP contribution in [-0.4, -0.2) is 72.6 Å². The Labute approximate surface area is 165 Å². The molecule has 2 aliphatic rings. The zero-order chi connectivity index (χ0) is 19.5. The highest BCUT2D eigenvalue weighted by Crippen LogP contribution is 2.27. The lowest BCUT2D eigenvalue weighted by atomic mass is 10.0. The zero-order valence-electron chi connectivity index (χ0n) is 17.1. The first kappa shape index (κ1) is 20.8. The van der Waals surface area contributed by atoms with Gasteiger partial charge in [-0.3, -0.25) is 9.80 Å². The van der Waals surface area contributed by atoms with E-state index in [-0.39, 0.29) is 0 Å². The van der Waals surface area contributed by atoms with E-state index in [0.29, 0.717) is 25.6 Å².